The number of nitrogen functional groups attached to an aromatic ring is 1. The van der Waals surface area contributed by atoms with Gasteiger partial charge in [0.05, 0.1) is 11.7 Å². The number of aromatic nitrogens is 1. The molecule has 1 saturated heterocycles. The number of hydrogen-bond acceptors (Lipinski definition) is 4. The average Bonchev–Trinajstić information content (AvgIpc) is 2.55. The highest BCUT2D eigenvalue weighted by atomic mass is 35.5. The summed E-state index contributed by atoms with van der Waals surface area (Å²) in [5.41, 5.74) is 6.64. The monoisotopic (exact) mass is 241 g/mol. The normalized spacial score (nSPS) is 20.5. The SMILES string of the molecule is Cl.Cl.Nc1nc([C@@H]2CCCN2)cs1. The van der Waals surface area contributed by atoms with Crippen molar-refractivity contribution in [2.45, 2.75) is 18.9 Å². The summed E-state index contributed by atoms with van der Waals surface area (Å²) >= 11 is 1.52. The molecule has 1 atom stereocenters. The molecule has 0 saturated carbocycles. The topological polar surface area (TPSA) is 50.9 Å². The lowest BCUT2D eigenvalue weighted by molar-refractivity contribution is 0.632. The zero-order valence-electron chi connectivity index (χ0n) is 7.03. The Kier molecular flexibility index (Phi) is 5.64. The third kappa shape index (κ3) is 2.98. The van der Waals surface area contributed by atoms with Gasteiger partial charge in [0.1, 0.15) is 0 Å². The summed E-state index contributed by atoms with van der Waals surface area (Å²) in [7, 11) is 0. The van der Waals surface area contributed by atoms with Gasteiger partial charge in [0.15, 0.2) is 5.13 Å². The van der Waals surface area contributed by atoms with Crippen LogP contribution in [-0.2, 0) is 0 Å². The Hall–Kier alpha value is -0.0300. The van der Waals surface area contributed by atoms with E-state index in [1.807, 2.05) is 5.38 Å². The lowest BCUT2D eigenvalue weighted by Crippen LogP contribution is -2.13. The van der Waals surface area contributed by atoms with Crippen LogP contribution in [0, 0.1) is 0 Å². The Bertz CT molecular complexity index is 248. The fraction of sp³-hybridized carbons (Fsp3) is 0.571. The van der Waals surface area contributed by atoms with Gasteiger partial charge in [-0.3, -0.25) is 0 Å². The van der Waals surface area contributed by atoms with E-state index in [1.54, 1.807) is 0 Å². The van der Waals surface area contributed by atoms with E-state index < -0.39 is 0 Å². The predicted octanol–water partition coefficient (Wildman–Crippen LogP) is 1.99. The number of nitrogens with zero attached hydrogens (tertiary/aromatic N) is 1. The molecule has 76 valence electrons. The molecule has 0 radical (unpaired) electrons. The number of anilines is 1. The van der Waals surface area contributed by atoms with Crippen molar-refractivity contribution in [2.75, 3.05) is 12.3 Å². The quantitative estimate of drug-likeness (QED) is 0.791. The van der Waals surface area contributed by atoms with E-state index in [-0.39, 0.29) is 24.8 Å². The molecule has 0 spiro atoms. The number of nitrogens with one attached hydrogen (secondary N) is 1. The van der Waals surface area contributed by atoms with Crippen LogP contribution in [0.4, 0.5) is 5.13 Å². The van der Waals surface area contributed by atoms with E-state index in [0.717, 1.165) is 12.2 Å². The van der Waals surface area contributed by atoms with Crippen molar-refractivity contribution in [3.8, 4) is 0 Å². The van der Waals surface area contributed by atoms with E-state index in [4.69, 9.17) is 5.73 Å². The molecule has 2 heterocycles. The van der Waals surface area contributed by atoms with Crippen LogP contribution in [0.5, 0.6) is 0 Å². The maximum atomic E-state index is 5.53. The van der Waals surface area contributed by atoms with Crippen LogP contribution >= 0.6 is 36.2 Å². The first-order valence-corrected chi connectivity index (χ1v) is 4.68. The van der Waals surface area contributed by atoms with E-state index in [9.17, 15) is 0 Å². The molecule has 2 rings (SSSR count). The Morgan fingerprint density at radius 1 is 1.54 bits per heavy atom. The minimum absolute atomic E-state index is 0. The number of thiazole rings is 1. The first kappa shape index (κ1) is 13.0. The minimum atomic E-state index is 0. The van der Waals surface area contributed by atoms with E-state index in [0.29, 0.717) is 11.2 Å². The third-order valence-corrected chi connectivity index (χ3v) is 2.65. The molecular formula is C7H13Cl2N3S. The maximum absolute atomic E-state index is 5.53. The van der Waals surface area contributed by atoms with Gasteiger partial charge >= 0.3 is 0 Å². The van der Waals surface area contributed by atoms with Gasteiger partial charge in [-0.1, -0.05) is 0 Å². The van der Waals surface area contributed by atoms with Crippen molar-refractivity contribution in [3.63, 3.8) is 0 Å². The van der Waals surface area contributed by atoms with Crippen molar-refractivity contribution in [2.24, 2.45) is 0 Å². The van der Waals surface area contributed by atoms with Crippen LogP contribution in [0.15, 0.2) is 5.38 Å². The van der Waals surface area contributed by atoms with Crippen molar-refractivity contribution in [1.29, 1.82) is 0 Å². The fourth-order valence-corrected chi connectivity index (χ4v) is 2.01. The Balaban J connectivity index is 0.000000720. The minimum Gasteiger partial charge on any atom is -0.375 e. The summed E-state index contributed by atoms with van der Waals surface area (Å²) in [6.45, 7) is 1.11. The van der Waals surface area contributed by atoms with Crippen molar-refractivity contribution in [1.82, 2.24) is 10.3 Å². The largest absolute Gasteiger partial charge is 0.375 e. The molecule has 3 nitrogen and oxygen atoms in total. The van der Waals surface area contributed by atoms with Crippen LogP contribution in [0.2, 0.25) is 0 Å². The van der Waals surface area contributed by atoms with Crippen LogP contribution in [0.25, 0.3) is 0 Å². The first-order valence-electron chi connectivity index (χ1n) is 3.80. The summed E-state index contributed by atoms with van der Waals surface area (Å²) in [5.74, 6) is 0. The van der Waals surface area contributed by atoms with Crippen LogP contribution in [0.3, 0.4) is 0 Å². The second-order valence-corrected chi connectivity index (χ2v) is 3.65. The lowest BCUT2D eigenvalue weighted by Gasteiger charge is -2.04. The highest BCUT2D eigenvalue weighted by Gasteiger charge is 2.17. The van der Waals surface area contributed by atoms with Crippen LogP contribution < -0.4 is 11.1 Å². The van der Waals surface area contributed by atoms with Gasteiger partial charge in [-0.25, -0.2) is 4.98 Å². The molecule has 0 bridgehead atoms. The third-order valence-electron chi connectivity index (χ3n) is 1.96. The molecule has 1 aromatic heterocycles. The fourth-order valence-electron chi connectivity index (χ4n) is 1.40. The zero-order chi connectivity index (χ0) is 7.68. The summed E-state index contributed by atoms with van der Waals surface area (Å²) in [6, 6.07) is 0.462. The van der Waals surface area contributed by atoms with E-state index >= 15 is 0 Å². The Morgan fingerprint density at radius 3 is 2.77 bits per heavy atom. The average molecular weight is 242 g/mol. The van der Waals surface area contributed by atoms with Crippen molar-refractivity contribution < 1.29 is 0 Å². The second kappa shape index (κ2) is 5.65. The van der Waals surface area contributed by atoms with E-state index in [2.05, 4.69) is 10.3 Å². The highest BCUT2D eigenvalue weighted by molar-refractivity contribution is 7.13. The molecule has 0 aromatic carbocycles. The molecule has 1 fully saturated rings. The molecule has 0 unspecified atom stereocenters. The van der Waals surface area contributed by atoms with Gasteiger partial charge in [-0.15, -0.1) is 36.2 Å². The molecule has 0 aliphatic carbocycles. The van der Waals surface area contributed by atoms with Crippen molar-refractivity contribution in [3.05, 3.63) is 11.1 Å². The maximum Gasteiger partial charge on any atom is 0.180 e. The number of nitrogens with two attached hydrogens (primary N) is 1. The Labute approximate surface area is 93.9 Å². The summed E-state index contributed by atoms with van der Waals surface area (Å²) in [6.07, 6.45) is 2.45. The molecule has 1 aromatic rings. The smallest absolute Gasteiger partial charge is 0.180 e. The van der Waals surface area contributed by atoms with Gasteiger partial charge in [-0.05, 0) is 19.4 Å². The molecular weight excluding hydrogens is 229 g/mol. The molecule has 13 heavy (non-hydrogen) atoms. The first-order chi connectivity index (χ1) is 5.36. The van der Waals surface area contributed by atoms with Gasteiger partial charge in [0.25, 0.3) is 0 Å². The molecule has 1 aliphatic rings. The van der Waals surface area contributed by atoms with Gasteiger partial charge in [-0.2, -0.15) is 0 Å². The van der Waals surface area contributed by atoms with Crippen molar-refractivity contribution >= 4 is 41.3 Å². The van der Waals surface area contributed by atoms with Gasteiger partial charge < -0.3 is 11.1 Å². The lowest BCUT2D eigenvalue weighted by atomic mass is 10.2. The van der Waals surface area contributed by atoms with Gasteiger partial charge in [0, 0.05) is 5.38 Å². The zero-order valence-corrected chi connectivity index (χ0v) is 9.47. The Morgan fingerprint density at radius 2 is 2.31 bits per heavy atom. The number of hydrogen-bond donors (Lipinski definition) is 2. The molecule has 0 amide bonds. The molecule has 3 N–H and O–H groups in total. The summed E-state index contributed by atoms with van der Waals surface area (Å²) < 4.78 is 0. The summed E-state index contributed by atoms with van der Waals surface area (Å²) in [5, 5.41) is 6.09. The predicted molar refractivity (Wildman–Crippen MR) is 61.0 cm³/mol. The number of halogens is 2. The molecule has 6 heteroatoms. The van der Waals surface area contributed by atoms with Gasteiger partial charge in [0.2, 0.25) is 0 Å². The highest BCUT2D eigenvalue weighted by Crippen LogP contribution is 2.24. The number of rotatable bonds is 1. The molecule has 1 aliphatic heterocycles. The standard InChI is InChI=1S/C7H11N3S.2ClH/c8-7-10-6(4-11-7)5-2-1-3-9-5;;/h4-5,9H,1-3H2,(H2,8,10);2*1H/t5-;;/m0../s1. The van der Waals surface area contributed by atoms with Crippen LogP contribution in [0.1, 0.15) is 24.6 Å². The summed E-state index contributed by atoms with van der Waals surface area (Å²) in [4.78, 5) is 4.23. The van der Waals surface area contributed by atoms with E-state index in [1.165, 1.54) is 24.2 Å². The van der Waals surface area contributed by atoms with Crippen LogP contribution in [-0.4, -0.2) is 11.5 Å². The second-order valence-electron chi connectivity index (χ2n) is 2.76.